The monoisotopic (exact) mass is 360 g/mol. The highest BCUT2D eigenvalue weighted by Crippen LogP contribution is 2.49. The van der Waals surface area contributed by atoms with Crippen molar-refractivity contribution in [1.82, 2.24) is 0 Å². The van der Waals surface area contributed by atoms with Crippen molar-refractivity contribution in [2.45, 2.75) is 129 Å². The van der Waals surface area contributed by atoms with Crippen LogP contribution < -0.4 is 0 Å². The van der Waals surface area contributed by atoms with Gasteiger partial charge in [0.1, 0.15) is 0 Å². The van der Waals surface area contributed by atoms with Crippen LogP contribution in [-0.4, -0.2) is 0 Å². The van der Waals surface area contributed by atoms with Gasteiger partial charge in [-0.05, 0) is 80.5 Å². The highest BCUT2D eigenvalue weighted by atomic mass is 14.4. The van der Waals surface area contributed by atoms with E-state index in [2.05, 4.69) is 13.8 Å². The summed E-state index contributed by atoms with van der Waals surface area (Å²) in [6.45, 7) is 4.70. The minimum absolute atomic E-state index is 1.08. The van der Waals surface area contributed by atoms with E-state index in [1.165, 1.54) is 44.9 Å². The lowest BCUT2D eigenvalue weighted by molar-refractivity contribution is 0.0575. The Hall–Kier alpha value is 0. The van der Waals surface area contributed by atoms with Crippen molar-refractivity contribution >= 4 is 0 Å². The molecule has 152 valence electrons. The molecule has 0 aromatic carbocycles. The van der Waals surface area contributed by atoms with E-state index in [9.17, 15) is 0 Å². The van der Waals surface area contributed by atoms with E-state index in [4.69, 9.17) is 0 Å². The summed E-state index contributed by atoms with van der Waals surface area (Å²) in [5.41, 5.74) is 0. The summed E-state index contributed by atoms with van der Waals surface area (Å²) in [7, 11) is 0. The van der Waals surface area contributed by atoms with Crippen LogP contribution in [0.4, 0.5) is 0 Å². The Morgan fingerprint density at radius 2 is 1.04 bits per heavy atom. The lowest BCUT2D eigenvalue weighted by atomic mass is 9.60. The number of hydrogen-bond acceptors (Lipinski definition) is 0. The summed E-state index contributed by atoms with van der Waals surface area (Å²) in [5.74, 6) is 6.65. The molecule has 0 nitrogen and oxygen atoms in total. The van der Waals surface area contributed by atoms with Crippen molar-refractivity contribution in [3.63, 3.8) is 0 Å². The maximum Gasteiger partial charge on any atom is -0.0383 e. The minimum Gasteiger partial charge on any atom is -0.0654 e. The molecule has 0 heteroatoms. The number of hydrogen-bond donors (Lipinski definition) is 0. The van der Waals surface area contributed by atoms with Gasteiger partial charge in [-0.2, -0.15) is 0 Å². The molecule has 4 atom stereocenters. The van der Waals surface area contributed by atoms with Crippen LogP contribution in [0, 0.1) is 35.5 Å². The third-order valence-electron chi connectivity index (χ3n) is 8.73. The fourth-order valence-corrected chi connectivity index (χ4v) is 7.11. The summed E-state index contributed by atoms with van der Waals surface area (Å²) in [5, 5.41) is 0. The molecule has 0 aromatic rings. The van der Waals surface area contributed by atoms with E-state index in [1.807, 2.05) is 0 Å². The van der Waals surface area contributed by atoms with Crippen LogP contribution in [0.15, 0.2) is 0 Å². The molecule has 0 bridgehead atoms. The summed E-state index contributed by atoms with van der Waals surface area (Å²) < 4.78 is 0. The van der Waals surface area contributed by atoms with Crippen molar-refractivity contribution in [2.24, 2.45) is 35.5 Å². The van der Waals surface area contributed by atoms with Gasteiger partial charge in [0, 0.05) is 0 Å². The summed E-state index contributed by atoms with van der Waals surface area (Å²) >= 11 is 0. The molecule has 3 aliphatic carbocycles. The Kier molecular flexibility index (Phi) is 8.86. The fourth-order valence-electron chi connectivity index (χ4n) is 7.11. The molecular weight excluding hydrogens is 312 g/mol. The van der Waals surface area contributed by atoms with Gasteiger partial charge < -0.3 is 0 Å². The van der Waals surface area contributed by atoms with Gasteiger partial charge in [0.05, 0.1) is 0 Å². The standard InChI is InChI=1S/C26H48/c1-3-5-6-7-8-10-22-13-16-26-20-25(18-17-24(26)19-22)23-14-11-21(9-4-2)12-15-23/h21-26H,3-20H2,1-2H3/t21?,22-,23?,24-,25+,26+/m0/s1. The predicted molar refractivity (Wildman–Crippen MR) is 115 cm³/mol. The average molecular weight is 361 g/mol. The predicted octanol–water partition coefficient (Wildman–Crippen LogP) is 8.79. The van der Waals surface area contributed by atoms with Gasteiger partial charge in [-0.15, -0.1) is 0 Å². The first-order valence-electron chi connectivity index (χ1n) is 12.8. The van der Waals surface area contributed by atoms with Gasteiger partial charge in [-0.1, -0.05) is 84.5 Å². The minimum atomic E-state index is 1.08. The number of unbranched alkanes of at least 4 members (excludes halogenated alkanes) is 4. The average Bonchev–Trinajstić information content (AvgIpc) is 2.68. The van der Waals surface area contributed by atoms with E-state index in [0.29, 0.717) is 0 Å². The van der Waals surface area contributed by atoms with Crippen LogP contribution in [0.5, 0.6) is 0 Å². The highest BCUT2D eigenvalue weighted by molar-refractivity contribution is 4.89. The molecular formula is C26H48. The van der Waals surface area contributed by atoms with Crippen molar-refractivity contribution in [3.05, 3.63) is 0 Å². The molecule has 3 saturated carbocycles. The Labute approximate surface area is 165 Å². The third-order valence-corrected chi connectivity index (χ3v) is 8.73. The largest absolute Gasteiger partial charge is 0.0654 e. The van der Waals surface area contributed by atoms with Crippen molar-refractivity contribution < 1.29 is 0 Å². The van der Waals surface area contributed by atoms with Crippen molar-refractivity contribution in [1.29, 1.82) is 0 Å². The van der Waals surface area contributed by atoms with Gasteiger partial charge in [0.15, 0.2) is 0 Å². The zero-order valence-electron chi connectivity index (χ0n) is 18.2. The van der Waals surface area contributed by atoms with Crippen molar-refractivity contribution in [2.75, 3.05) is 0 Å². The summed E-state index contributed by atoms with van der Waals surface area (Å²) in [6.07, 6.45) is 27.6. The first kappa shape index (κ1) is 20.7. The Morgan fingerprint density at radius 1 is 0.462 bits per heavy atom. The second kappa shape index (κ2) is 11.1. The van der Waals surface area contributed by atoms with Crippen molar-refractivity contribution in [3.8, 4) is 0 Å². The van der Waals surface area contributed by atoms with Crippen LogP contribution in [0.2, 0.25) is 0 Å². The Balaban J connectivity index is 1.35. The molecule has 3 rings (SSSR count). The molecule has 0 aromatic heterocycles. The molecule has 0 spiro atoms. The van der Waals surface area contributed by atoms with Crippen LogP contribution in [-0.2, 0) is 0 Å². The van der Waals surface area contributed by atoms with Crippen LogP contribution in [0.3, 0.4) is 0 Å². The molecule has 0 heterocycles. The van der Waals surface area contributed by atoms with Gasteiger partial charge >= 0.3 is 0 Å². The van der Waals surface area contributed by atoms with Gasteiger partial charge in [-0.25, -0.2) is 0 Å². The smallest absolute Gasteiger partial charge is 0.0383 e. The lowest BCUT2D eigenvalue weighted by Crippen LogP contribution is -2.34. The van der Waals surface area contributed by atoms with Crippen LogP contribution in [0.1, 0.15) is 129 Å². The molecule has 3 fully saturated rings. The molecule has 0 unspecified atom stereocenters. The van der Waals surface area contributed by atoms with Gasteiger partial charge in [0.25, 0.3) is 0 Å². The Bertz CT molecular complexity index is 364. The van der Waals surface area contributed by atoms with Crippen LogP contribution in [0.25, 0.3) is 0 Å². The number of fused-ring (bicyclic) bond motifs is 1. The molecule has 0 aliphatic heterocycles. The van der Waals surface area contributed by atoms with E-state index in [-0.39, 0.29) is 0 Å². The van der Waals surface area contributed by atoms with Crippen LogP contribution >= 0.6 is 0 Å². The first-order chi connectivity index (χ1) is 12.8. The molecule has 0 radical (unpaired) electrons. The van der Waals surface area contributed by atoms with E-state index in [0.717, 1.165) is 35.5 Å². The maximum atomic E-state index is 2.37. The normalized spacial score (nSPS) is 38.1. The van der Waals surface area contributed by atoms with E-state index < -0.39 is 0 Å². The topological polar surface area (TPSA) is 0 Å². The quantitative estimate of drug-likeness (QED) is 0.360. The lowest BCUT2D eigenvalue weighted by Gasteiger charge is -2.45. The Morgan fingerprint density at radius 3 is 1.77 bits per heavy atom. The maximum absolute atomic E-state index is 2.37. The fraction of sp³-hybridized carbons (Fsp3) is 1.00. The molecule has 3 aliphatic rings. The zero-order chi connectivity index (χ0) is 18.2. The highest BCUT2D eigenvalue weighted by Gasteiger charge is 2.38. The molecule has 0 saturated heterocycles. The summed E-state index contributed by atoms with van der Waals surface area (Å²) in [4.78, 5) is 0. The first-order valence-corrected chi connectivity index (χ1v) is 12.8. The van der Waals surface area contributed by atoms with Gasteiger partial charge in [-0.3, -0.25) is 0 Å². The number of rotatable bonds is 9. The van der Waals surface area contributed by atoms with Gasteiger partial charge in [0.2, 0.25) is 0 Å². The second-order valence-electron chi connectivity index (χ2n) is 10.5. The summed E-state index contributed by atoms with van der Waals surface area (Å²) in [6, 6.07) is 0. The molecule has 0 amide bonds. The van der Waals surface area contributed by atoms with E-state index >= 15 is 0 Å². The zero-order valence-corrected chi connectivity index (χ0v) is 18.2. The molecule has 0 N–H and O–H groups in total. The third kappa shape index (κ3) is 6.00. The SMILES string of the molecule is CCCCCCC[C@H]1CC[C@@H]2C[C@H](C3CCC(CCC)CC3)CC[C@H]2C1. The molecule has 26 heavy (non-hydrogen) atoms. The van der Waals surface area contributed by atoms with E-state index in [1.54, 1.807) is 70.6 Å². The second-order valence-corrected chi connectivity index (χ2v) is 10.5.